The number of aromatic nitrogens is 2. The van der Waals surface area contributed by atoms with E-state index in [2.05, 4.69) is 15.2 Å². The molecular weight excluding hydrogens is 330 g/mol. The molecule has 136 valence electrons. The van der Waals surface area contributed by atoms with E-state index < -0.39 is 0 Å². The fourth-order valence-electron chi connectivity index (χ4n) is 3.22. The Kier molecular flexibility index (Phi) is 4.71. The first-order chi connectivity index (χ1) is 12.7. The Bertz CT molecular complexity index is 787. The molecule has 0 radical (unpaired) electrons. The van der Waals surface area contributed by atoms with Crippen LogP contribution in [0.1, 0.15) is 16.8 Å². The Morgan fingerprint density at radius 1 is 1.15 bits per heavy atom. The lowest BCUT2D eigenvalue weighted by atomic mass is 10.1. The first-order valence-corrected chi connectivity index (χ1v) is 8.99. The number of rotatable bonds is 2. The topological polar surface area (TPSA) is 70.6 Å². The van der Waals surface area contributed by atoms with Crippen molar-refractivity contribution < 1.29 is 9.53 Å². The average molecular weight is 353 g/mol. The SMILES string of the molecule is Cc1ccc(NC(=O)N2CCc3cnc(N4CCOCC4)nc3C2)cc1. The number of anilines is 2. The minimum Gasteiger partial charge on any atom is -0.378 e. The smallest absolute Gasteiger partial charge is 0.322 e. The van der Waals surface area contributed by atoms with Crippen LogP contribution in [0.5, 0.6) is 0 Å². The third kappa shape index (κ3) is 3.62. The van der Waals surface area contributed by atoms with Crippen molar-refractivity contribution in [3.63, 3.8) is 0 Å². The predicted molar refractivity (Wildman–Crippen MR) is 99.4 cm³/mol. The van der Waals surface area contributed by atoms with Crippen molar-refractivity contribution >= 4 is 17.7 Å². The largest absolute Gasteiger partial charge is 0.378 e. The minimum absolute atomic E-state index is 0.0916. The molecule has 2 amide bonds. The van der Waals surface area contributed by atoms with Crippen LogP contribution >= 0.6 is 0 Å². The number of carbonyl (C=O) groups excluding carboxylic acids is 1. The summed E-state index contributed by atoms with van der Waals surface area (Å²) >= 11 is 0. The molecule has 1 N–H and O–H groups in total. The maximum absolute atomic E-state index is 12.6. The van der Waals surface area contributed by atoms with Crippen molar-refractivity contribution in [3.8, 4) is 0 Å². The summed E-state index contributed by atoms with van der Waals surface area (Å²) in [5, 5.41) is 2.96. The molecule has 1 aromatic carbocycles. The fourth-order valence-corrected chi connectivity index (χ4v) is 3.22. The zero-order valence-corrected chi connectivity index (χ0v) is 14.9. The van der Waals surface area contributed by atoms with Gasteiger partial charge in [0.1, 0.15) is 0 Å². The number of hydrogen-bond donors (Lipinski definition) is 1. The first kappa shape index (κ1) is 16.8. The molecule has 1 saturated heterocycles. The molecule has 2 aromatic rings. The average Bonchev–Trinajstić information content (AvgIpc) is 2.69. The number of aryl methyl sites for hydroxylation is 1. The molecule has 2 aliphatic heterocycles. The van der Waals surface area contributed by atoms with Gasteiger partial charge in [-0.25, -0.2) is 14.8 Å². The lowest BCUT2D eigenvalue weighted by Gasteiger charge is -2.30. The zero-order valence-electron chi connectivity index (χ0n) is 14.9. The van der Waals surface area contributed by atoms with Crippen LogP contribution in [0.25, 0.3) is 0 Å². The molecule has 0 bridgehead atoms. The van der Waals surface area contributed by atoms with Crippen molar-refractivity contribution in [1.29, 1.82) is 0 Å². The van der Waals surface area contributed by atoms with Crippen LogP contribution in [-0.2, 0) is 17.7 Å². The Morgan fingerprint density at radius 3 is 2.69 bits per heavy atom. The third-order valence-corrected chi connectivity index (χ3v) is 4.82. The van der Waals surface area contributed by atoms with Gasteiger partial charge in [-0.2, -0.15) is 0 Å². The standard InChI is InChI=1S/C19H23N5O2/c1-14-2-4-16(5-3-14)21-19(25)24-7-6-15-12-20-18(22-17(15)13-24)23-8-10-26-11-9-23/h2-5,12H,6-11,13H2,1H3,(H,21,25). The van der Waals surface area contributed by atoms with E-state index in [1.54, 1.807) is 4.90 Å². The summed E-state index contributed by atoms with van der Waals surface area (Å²) in [7, 11) is 0. The molecule has 1 fully saturated rings. The number of fused-ring (bicyclic) bond motifs is 1. The van der Waals surface area contributed by atoms with Crippen molar-refractivity contribution in [2.75, 3.05) is 43.1 Å². The van der Waals surface area contributed by atoms with Gasteiger partial charge >= 0.3 is 6.03 Å². The molecule has 3 heterocycles. The third-order valence-electron chi connectivity index (χ3n) is 4.82. The van der Waals surface area contributed by atoms with Gasteiger partial charge in [0, 0.05) is 31.5 Å². The minimum atomic E-state index is -0.0916. The summed E-state index contributed by atoms with van der Waals surface area (Å²) in [6, 6.07) is 7.73. The highest BCUT2D eigenvalue weighted by Crippen LogP contribution is 2.20. The van der Waals surface area contributed by atoms with E-state index in [0.29, 0.717) is 26.3 Å². The van der Waals surface area contributed by atoms with Gasteiger partial charge in [0.05, 0.1) is 25.5 Å². The monoisotopic (exact) mass is 353 g/mol. The molecule has 0 spiro atoms. The van der Waals surface area contributed by atoms with E-state index in [1.165, 1.54) is 5.56 Å². The quantitative estimate of drug-likeness (QED) is 0.896. The summed E-state index contributed by atoms with van der Waals surface area (Å²) in [5.41, 5.74) is 4.04. The summed E-state index contributed by atoms with van der Waals surface area (Å²) in [6.07, 6.45) is 2.68. The molecule has 0 unspecified atom stereocenters. The van der Waals surface area contributed by atoms with Crippen molar-refractivity contribution in [2.45, 2.75) is 19.9 Å². The fraction of sp³-hybridized carbons (Fsp3) is 0.421. The first-order valence-electron chi connectivity index (χ1n) is 8.99. The van der Waals surface area contributed by atoms with Crippen LogP contribution in [0.4, 0.5) is 16.4 Å². The van der Waals surface area contributed by atoms with Crippen LogP contribution in [0.3, 0.4) is 0 Å². The number of hydrogen-bond acceptors (Lipinski definition) is 5. The predicted octanol–water partition coefficient (Wildman–Crippen LogP) is 2.21. The van der Waals surface area contributed by atoms with Crippen LogP contribution in [-0.4, -0.2) is 53.7 Å². The second kappa shape index (κ2) is 7.29. The lowest BCUT2D eigenvalue weighted by molar-refractivity contribution is 0.122. The van der Waals surface area contributed by atoms with Crippen LogP contribution in [0.15, 0.2) is 30.5 Å². The Hall–Kier alpha value is -2.67. The molecule has 7 nitrogen and oxygen atoms in total. The highest BCUT2D eigenvalue weighted by Gasteiger charge is 2.24. The molecular formula is C19H23N5O2. The Balaban J connectivity index is 1.45. The molecule has 1 aromatic heterocycles. The van der Waals surface area contributed by atoms with Crippen molar-refractivity contribution in [2.24, 2.45) is 0 Å². The summed E-state index contributed by atoms with van der Waals surface area (Å²) in [4.78, 5) is 25.8. The molecule has 7 heteroatoms. The Labute approximate surface area is 153 Å². The maximum Gasteiger partial charge on any atom is 0.322 e. The number of nitrogens with one attached hydrogen (secondary N) is 1. The molecule has 26 heavy (non-hydrogen) atoms. The van der Waals surface area contributed by atoms with Gasteiger partial charge in [-0.15, -0.1) is 0 Å². The molecule has 0 atom stereocenters. The van der Waals surface area contributed by atoms with Gasteiger partial charge in [0.15, 0.2) is 0 Å². The highest BCUT2D eigenvalue weighted by molar-refractivity contribution is 5.89. The van der Waals surface area contributed by atoms with E-state index in [0.717, 1.165) is 42.4 Å². The summed E-state index contributed by atoms with van der Waals surface area (Å²) in [6.45, 7) is 6.21. The Morgan fingerprint density at radius 2 is 1.92 bits per heavy atom. The number of amides is 2. The maximum atomic E-state index is 12.6. The molecule has 2 aliphatic rings. The van der Waals surface area contributed by atoms with E-state index in [4.69, 9.17) is 9.72 Å². The zero-order chi connectivity index (χ0) is 17.9. The van der Waals surface area contributed by atoms with E-state index in [1.807, 2.05) is 37.4 Å². The van der Waals surface area contributed by atoms with Crippen LogP contribution in [0, 0.1) is 6.92 Å². The molecule has 0 saturated carbocycles. The van der Waals surface area contributed by atoms with Gasteiger partial charge < -0.3 is 19.9 Å². The number of carbonyl (C=O) groups is 1. The van der Waals surface area contributed by atoms with Gasteiger partial charge in [0.25, 0.3) is 0 Å². The second-order valence-electron chi connectivity index (χ2n) is 6.71. The summed E-state index contributed by atoms with van der Waals surface area (Å²) < 4.78 is 5.39. The van der Waals surface area contributed by atoms with Crippen LogP contribution < -0.4 is 10.2 Å². The van der Waals surface area contributed by atoms with Crippen molar-refractivity contribution in [1.82, 2.24) is 14.9 Å². The van der Waals surface area contributed by atoms with E-state index in [9.17, 15) is 4.79 Å². The van der Waals surface area contributed by atoms with Crippen molar-refractivity contribution in [3.05, 3.63) is 47.3 Å². The number of nitrogens with zero attached hydrogens (tertiary/aromatic N) is 4. The highest BCUT2D eigenvalue weighted by atomic mass is 16.5. The number of benzene rings is 1. The number of morpholine rings is 1. The lowest BCUT2D eigenvalue weighted by Crippen LogP contribution is -2.40. The number of ether oxygens (including phenoxy) is 1. The normalized spacial score (nSPS) is 17.0. The summed E-state index contributed by atoms with van der Waals surface area (Å²) in [5.74, 6) is 0.729. The van der Waals surface area contributed by atoms with E-state index in [-0.39, 0.29) is 6.03 Å². The van der Waals surface area contributed by atoms with E-state index >= 15 is 0 Å². The molecule has 4 rings (SSSR count). The van der Waals surface area contributed by atoms with Gasteiger partial charge in [0.2, 0.25) is 5.95 Å². The van der Waals surface area contributed by atoms with Gasteiger partial charge in [-0.3, -0.25) is 0 Å². The van der Waals surface area contributed by atoms with Crippen LogP contribution in [0.2, 0.25) is 0 Å². The molecule has 0 aliphatic carbocycles. The number of urea groups is 1. The van der Waals surface area contributed by atoms with Gasteiger partial charge in [-0.05, 0) is 31.0 Å². The second-order valence-corrected chi connectivity index (χ2v) is 6.71. The van der Waals surface area contributed by atoms with Gasteiger partial charge in [-0.1, -0.05) is 17.7 Å².